The van der Waals surface area contributed by atoms with E-state index in [9.17, 15) is 9.46 Å². The van der Waals surface area contributed by atoms with Gasteiger partial charge in [0.05, 0.1) is 7.37 Å². The van der Waals surface area contributed by atoms with Crippen molar-refractivity contribution in [2.24, 2.45) is 22.9 Å². The van der Waals surface area contributed by atoms with Crippen LogP contribution in [0.15, 0.2) is 48.5 Å². The van der Waals surface area contributed by atoms with Crippen molar-refractivity contribution in [3.05, 3.63) is 59.7 Å². The van der Waals surface area contributed by atoms with Crippen LogP contribution in [0.1, 0.15) is 11.1 Å². The number of benzene rings is 2. The molecule has 0 fully saturated rings. The van der Waals surface area contributed by atoms with Crippen molar-refractivity contribution in [2.45, 2.75) is 24.9 Å². The standard InChI is InChI=1S/C18H27N4O2P/c19-11-15(21)9-13-1-5-17(6-2-13)25(23,24)18-7-3-14(4-8-18)10-16(22)12-20/h1-8,15-16H,9-12,19-22H2,(H,23,24)/p-1/t15-,16-/m0/s1. The second kappa shape index (κ2) is 8.72. The van der Waals surface area contributed by atoms with E-state index in [1.54, 1.807) is 48.5 Å². The fourth-order valence-corrected chi connectivity index (χ4v) is 3.96. The molecule has 0 aliphatic heterocycles. The molecule has 8 N–H and O–H groups in total. The lowest BCUT2D eigenvalue weighted by molar-refractivity contribution is -0.167. The molecule has 0 saturated carbocycles. The molecule has 0 aromatic heterocycles. The Hall–Kier alpha value is -1.53. The molecule has 0 heterocycles. The maximum atomic E-state index is 12.8. The van der Waals surface area contributed by atoms with Crippen molar-refractivity contribution in [2.75, 3.05) is 13.1 Å². The van der Waals surface area contributed by atoms with Crippen molar-refractivity contribution in [3.63, 3.8) is 0 Å². The van der Waals surface area contributed by atoms with Gasteiger partial charge < -0.3 is 32.4 Å². The largest absolute Gasteiger partial charge is 0.793 e. The van der Waals surface area contributed by atoms with Crippen LogP contribution in [0.25, 0.3) is 0 Å². The molecule has 7 heteroatoms. The molecule has 0 unspecified atom stereocenters. The van der Waals surface area contributed by atoms with Crippen molar-refractivity contribution in [1.82, 2.24) is 0 Å². The van der Waals surface area contributed by atoms with Gasteiger partial charge in [-0.15, -0.1) is 0 Å². The molecule has 0 bridgehead atoms. The summed E-state index contributed by atoms with van der Waals surface area (Å²) in [5, 5.41) is 0.563. The van der Waals surface area contributed by atoms with E-state index in [2.05, 4.69) is 0 Å². The second-order valence-electron chi connectivity index (χ2n) is 6.28. The maximum absolute atomic E-state index is 12.8. The number of nitrogens with two attached hydrogens (primary N) is 4. The number of hydrogen-bond donors (Lipinski definition) is 4. The lowest BCUT2D eigenvalue weighted by Gasteiger charge is -2.25. The first-order valence-corrected chi connectivity index (χ1v) is 9.90. The molecule has 0 aliphatic rings. The SMILES string of the molecule is NC[C@@H](N)Cc1ccc(P(=O)([O-])c2ccc(C[C@H](N)CN)cc2)cc1. The quantitative estimate of drug-likeness (QED) is 0.441. The molecule has 6 nitrogen and oxygen atoms in total. The highest BCUT2D eigenvalue weighted by Gasteiger charge is 2.15. The highest BCUT2D eigenvalue weighted by molar-refractivity contribution is 7.72. The monoisotopic (exact) mass is 361 g/mol. The van der Waals surface area contributed by atoms with Crippen LogP contribution in [0, 0.1) is 0 Å². The Morgan fingerprint density at radius 1 is 0.760 bits per heavy atom. The Morgan fingerprint density at radius 3 is 1.36 bits per heavy atom. The molecular formula is C18H26N4O2P-. The first-order valence-electron chi connectivity index (χ1n) is 8.28. The lowest BCUT2D eigenvalue weighted by atomic mass is 10.1. The topological polar surface area (TPSA) is 144 Å². The summed E-state index contributed by atoms with van der Waals surface area (Å²) < 4.78 is 12.8. The first-order chi connectivity index (χ1) is 11.9. The van der Waals surface area contributed by atoms with Crippen LogP contribution in [0.4, 0.5) is 0 Å². The summed E-state index contributed by atoms with van der Waals surface area (Å²) >= 11 is 0. The normalized spacial score (nSPS) is 14.3. The lowest BCUT2D eigenvalue weighted by Crippen LogP contribution is -2.32. The van der Waals surface area contributed by atoms with E-state index in [-0.39, 0.29) is 22.7 Å². The Kier molecular flexibility index (Phi) is 6.90. The van der Waals surface area contributed by atoms with E-state index < -0.39 is 7.37 Å². The van der Waals surface area contributed by atoms with Crippen LogP contribution < -0.4 is 38.4 Å². The van der Waals surface area contributed by atoms with Gasteiger partial charge in [-0.2, -0.15) is 0 Å². The van der Waals surface area contributed by atoms with E-state index in [1.165, 1.54) is 0 Å². The Bertz CT molecular complexity index is 659. The third kappa shape index (κ3) is 5.22. The molecule has 0 aliphatic carbocycles. The predicted molar refractivity (Wildman–Crippen MR) is 101 cm³/mol. The first kappa shape index (κ1) is 19.8. The van der Waals surface area contributed by atoms with Crippen LogP contribution in [0.2, 0.25) is 0 Å². The molecule has 0 amide bonds. The molecule has 2 aromatic carbocycles. The van der Waals surface area contributed by atoms with Gasteiger partial charge in [-0.05, 0) is 24.0 Å². The average Bonchev–Trinajstić information content (AvgIpc) is 2.62. The zero-order chi connectivity index (χ0) is 18.4. The summed E-state index contributed by atoms with van der Waals surface area (Å²) in [4.78, 5) is 12.8. The molecule has 2 rings (SSSR count). The molecule has 0 radical (unpaired) electrons. The van der Waals surface area contributed by atoms with Crippen molar-refractivity contribution in [3.8, 4) is 0 Å². The zero-order valence-corrected chi connectivity index (χ0v) is 15.1. The minimum absolute atomic E-state index is 0.127. The summed E-state index contributed by atoms with van der Waals surface area (Å²) in [5.74, 6) is 0. The van der Waals surface area contributed by atoms with E-state index in [4.69, 9.17) is 22.9 Å². The molecule has 2 atom stereocenters. The molecule has 0 spiro atoms. The van der Waals surface area contributed by atoms with Gasteiger partial charge in [0.2, 0.25) is 0 Å². The van der Waals surface area contributed by atoms with Crippen LogP contribution in [0.3, 0.4) is 0 Å². The Balaban J connectivity index is 2.16. The third-order valence-corrected chi connectivity index (χ3v) is 6.11. The fraction of sp³-hybridized carbons (Fsp3) is 0.333. The Morgan fingerprint density at radius 2 is 1.08 bits per heavy atom. The summed E-state index contributed by atoms with van der Waals surface area (Å²) in [6, 6.07) is 13.3. The highest BCUT2D eigenvalue weighted by atomic mass is 31.2. The number of rotatable bonds is 8. The second-order valence-corrected chi connectivity index (χ2v) is 8.42. The van der Waals surface area contributed by atoms with Crippen LogP contribution in [0.5, 0.6) is 0 Å². The van der Waals surface area contributed by atoms with E-state index in [0.29, 0.717) is 25.9 Å². The highest BCUT2D eigenvalue weighted by Crippen LogP contribution is 2.33. The molecule has 0 saturated heterocycles. The van der Waals surface area contributed by atoms with Gasteiger partial charge in [0.15, 0.2) is 0 Å². The fourth-order valence-electron chi connectivity index (χ4n) is 2.58. The van der Waals surface area contributed by atoms with Gasteiger partial charge in [-0.3, -0.25) is 0 Å². The van der Waals surface area contributed by atoms with Gasteiger partial charge in [-0.25, -0.2) is 0 Å². The average molecular weight is 361 g/mol. The van der Waals surface area contributed by atoms with Crippen LogP contribution >= 0.6 is 7.37 Å². The van der Waals surface area contributed by atoms with Gasteiger partial charge in [0.1, 0.15) is 0 Å². The molecular weight excluding hydrogens is 335 g/mol. The summed E-state index contributed by atoms with van der Waals surface area (Å²) in [5.41, 5.74) is 24.6. The van der Waals surface area contributed by atoms with Gasteiger partial charge in [0, 0.05) is 35.8 Å². The summed E-state index contributed by atoms with van der Waals surface area (Å²) in [7, 11) is -3.88. The van der Waals surface area contributed by atoms with Crippen molar-refractivity contribution in [1.29, 1.82) is 0 Å². The minimum Gasteiger partial charge on any atom is -0.793 e. The maximum Gasteiger partial charge on any atom is 0.0720 e. The van der Waals surface area contributed by atoms with Gasteiger partial charge in [0.25, 0.3) is 0 Å². The van der Waals surface area contributed by atoms with Crippen LogP contribution in [-0.4, -0.2) is 25.2 Å². The van der Waals surface area contributed by atoms with Gasteiger partial charge >= 0.3 is 0 Å². The van der Waals surface area contributed by atoms with E-state index in [0.717, 1.165) is 11.1 Å². The Labute approximate surface area is 148 Å². The molecule has 25 heavy (non-hydrogen) atoms. The summed E-state index contributed by atoms with van der Waals surface area (Å²) in [6.07, 6.45) is 1.24. The van der Waals surface area contributed by atoms with Crippen molar-refractivity contribution >= 4 is 18.0 Å². The number of hydrogen-bond acceptors (Lipinski definition) is 6. The summed E-state index contributed by atoms with van der Waals surface area (Å²) in [6.45, 7) is 0.782. The zero-order valence-electron chi connectivity index (χ0n) is 14.2. The smallest absolute Gasteiger partial charge is 0.0720 e. The van der Waals surface area contributed by atoms with Gasteiger partial charge in [-0.1, -0.05) is 48.5 Å². The third-order valence-electron chi connectivity index (χ3n) is 4.15. The van der Waals surface area contributed by atoms with E-state index in [1.807, 2.05) is 0 Å². The minimum atomic E-state index is -3.88. The van der Waals surface area contributed by atoms with Crippen LogP contribution in [-0.2, 0) is 17.4 Å². The van der Waals surface area contributed by atoms with E-state index >= 15 is 0 Å². The predicted octanol–water partition coefficient (Wildman–Crippen LogP) is -1.07. The molecule has 2 aromatic rings. The van der Waals surface area contributed by atoms with Crippen molar-refractivity contribution < 1.29 is 9.46 Å². The molecule has 136 valence electrons.